The van der Waals surface area contributed by atoms with E-state index in [1.165, 1.54) is 0 Å². The highest BCUT2D eigenvalue weighted by Crippen LogP contribution is 2.39. The maximum atomic E-state index is 13.1. The predicted molar refractivity (Wildman–Crippen MR) is 74.2 cm³/mol. The third kappa shape index (κ3) is 3.48. The number of piperazine rings is 1. The minimum atomic E-state index is -4.92. The van der Waals surface area contributed by atoms with Crippen LogP contribution in [-0.2, 0) is 18.9 Å². The van der Waals surface area contributed by atoms with E-state index < -0.39 is 29.0 Å². The van der Waals surface area contributed by atoms with Crippen LogP contribution in [0.5, 0.6) is 0 Å². The zero-order valence-corrected chi connectivity index (χ0v) is 12.4. The molecule has 1 aliphatic heterocycles. The van der Waals surface area contributed by atoms with E-state index in [0.29, 0.717) is 19.2 Å². The Balaban J connectivity index is 2.03. The van der Waals surface area contributed by atoms with Gasteiger partial charge in [-0.3, -0.25) is 4.90 Å². The second kappa shape index (κ2) is 5.92. The van der Waals surface area contributed by atoms with E-state index in [2.05, 4.69) is 15.3 Å². The Hall–Kier alpha value is -1.81. The number of rotatable bonds is 2. The molecular formula is C14H14F6N4. The largest absolute Gasteiger partial charge is 0.418 e. The summed E-state index contributed by atoms with van der Waals surface area (Å²) in [4.78, 5) is 8.45. The maximum absolute atomic E-state index is 13.1. The van der Waals surface area contributed by atoms with Crippen molar-refractivity contribution in [3.05, 3.63) is 29.1 Å². The van der Waals surface area contributed by atoms with Gasteiger partial charge in [-0.15, -0.1) is 0 Å². The Morgan fingerprint density at radius 3 is 2.25 bits per heavy atom. The second-order valence-corrected chi connectivity index (χ2v) is 5.63. The molecule has 0 amide bonds. The summed E-state index contributed by atoms with van der Waals surface area (Å²) in [5.41, 5.74) is -3.47. The van der Waals surface area contributed by atoms with Crippen molar-refractivity contribution in [3.63, 3.8) is 0 Å². The van der Waals surface area contributed by atoms with Crippen LogP contribution in [0.25, 0.3) is 11.0 Å². The first-order valence-electron chi connectivity index (χ1n) is 7.25. The van der Waals surface area contributed by atoms with Gasteiger partial charge in [-0.05, 0) is 12.1 Å². The molecule has 1 saturated heterocycles. The summed E-state index contributed by atoms with van der Waals surface area (Å²) in [6.07, 6.45) is -9.78. The van der Waals surface area contributed by atoms with Crippen molar-refractivity contribution in [2.75, 3.05) is 26.2 Å². The predicted octanol–water partition coefficient (Wildman–Crippen LogP) is 3.01. The lowest BCUT2D eigenvalue weighted by Gasteiger charge is -2.26. The molecule has 0 atom stereocenters. The Morgan fingerprint density at radius 1 is 1.00 bits per heavy atom. The smallest absolute Gasteiger partial charge is 0.341 e. The second-order valence-electron chi connectivity index (χ2n) is 5.63. The van der Waals surface area contributed by atoms with Gasteiger partial charge in [0.2, 0.25) is 0 Å². The number of aromatic nitrogens is 2. The first-order valence-corrected chi connectivity index (χ1v) is 7.25. The Morgan fingerprint density at radius 2 is 1.67 bits per heavy atom. The number of nitrogens with one attached hydrogen (secondary N) is 2. The minimum Gasteiger partial charge on any atom is -0.341 e. The molecule has 0 unspecified atom stereocenters. The molecule has 2 heterocycles. The molecule has 0 spiro atoms. The standard InChI is InChI=1S/C14H14F6N4/c15-13(16,17)8-5-9(14(18,19)20)12-10(6-8)22-11(23-12)7-24-3-1-21-2-4-24/h5-6,21H,1-4,7H2,(H,22,23). The number of nitrogens with zero attached hydrogens (tertiary/aromatic N) is 2. The fourth-order valence-corrected chi connectivity index (χ4v) is 2.70. The van der Waals surface area contributed by atoms with Crippen molar-refractivity contribution < 1.29 is 26.3 Å². The topological polar surface area (TPSA) is 44.0 Å². The molecule has 3 rings (SSSR count). The Labute approximate surface area is 132 Å². The molecule has 24 heavy (non-hydrogen) atoms. The SMILES string of the molecule is FC(F)(F)c1cc(C(F)(F)F)c2nc(CN3CCNCC3)[nH]c2c1. The van der Waals surface area contributed by atoms with Crippen LogP contribution < -0.4 is 5.32 Å². The first kappa shape index (κ1) is 17.0. The lowest BCUT2D eigenvalue weighted by molar-refractivity contribution is -0.142. The van der Waals surface area contributed by atoms with E-state index in [0.717, 1.165) is 13.1 Å². The average molecular weight is 352 g/mol. The van der Waals surface area contributed by atoms with Gasteiger partial charge in [0, 0.05) is 26.2 Å². The van der Waals surface area contributed by atoms with Gasteiger partial charge in [-0.2, -0.15) is 26.3 Å². The van der Waals surface area contributed by atoms with Gasteiger partial charge < -0.3 is 10.3 Å². The molecule has 1 fully saturated rings. The summed E-state index contributed by atoms with van der Waals surface area (Å²) in [5.74, 6) is 0.219. The molecule has 0 aliphatic carbocycles. The molecule has 1 aromatic heterocycles. The number of halogens is 6. The van der Waals surface area contributed by atoms with Crippen LogP contribution in [-0.4, -0.2) is 41.0 Å². The van der Waals surface area contributed by atoms with E-state index in [1.807, 2.05) is 4.90 Å². The average Bonchev–Trinajstić information content (AvgIpc) is 2.87. The van der Waals surface area contributed by atoms with Gasteiger partial charge in [-0.25, -0.2) is 4.98 Å². The molecule has 0 radical (unpaired) electrons. The van der Waals surface area contributed by atoms with Gasteiger partial charge in [-0.1, -0.05) is 0 Å². The van der Waals surface area contributed by atoms with E-state index in [-0.39, 0.29) is 24.0 Å². The van der Waals surface area contributed by atoms with Gasteiger partial charge >= 0.3 is 12.4 Å². The highest BCUT2D eigenvalue weighted by molar-refractivity contribution is 5.80. The van der Waals surface area contributed by atoms with Crippen molar-refractivity contribution in [2.45, 2.75) is 18.9 Å². The number of aromatic amines is 1. The van der Waals surface area contributed by atoms with E-state index in [4.69, 9.17) is 0 Å². The van der Waals surface area contributed by atoms with Gasteiger partial charge in [0.15, 0.2) is 0 Å². The molecule has 1 aliphatic rings. The molecule has 2 N–H and O–H groups in total. The van der Waals surface area contributed by atoms with Gasteiger partial charge in [0.25, 0.3) is 0 Å². The van der Waals surface area contributed by atoms with E-state index in [9.17, 15) is 26.3 Å². The van der Waals surface area contributed by atoms with Crippen LogP contribution in [0.2, 0.25) is 0 Å². The minimum absolute atomic E-state index is 0.109. The maximum Gasteiger partial charge on any atom is 0.418 e. The van der Waals surface area contributed by atoms with Crippen LogP contribution in [0.15, 0.2) is 12.1 Å². The summed E-state index contributed by atoms with van der Waals surface area (Å²) in [6, 6.07) is 0.774. The molecule has 10 heteroatoms. The number of H-pyrrole nitrogens is 1. The van der Waals surface area contributed by atoms with Crippen LogP contribution in [0, 0.1) is 0 Å². The summed E-state index contributed by atoms with van der Waals surface area (Å²) < 4.78 is 77.9. The zero-order valence-electron chi connectivity index (χ0n) is 12.4. The zero-order chi connectivity index (χ0) is 17.5. The number of hydrogen-bond acceptors (Lipinski definition) is 3. The van der Waals surface area contributed by atoms with E-state index >= 15 is 0 Å². The lowest BCUT2D eigenvalue weighted by Crippen LogP contribution is -2.43. The highest BCUT2D eigenvalue weighted by Gasteiger charge is 2.39. The molecule has 1 aromatic carbocycles. The monoisotopic (exact) mass is 352 g/mol. The summed E-state index contributed by atoms with van der Waals surface area (Å²) in [7, 11) is 0. The number of imidazole rings is 1. The number of alkyl halides is 6. The molecule has 4 nitrogen and oxygen atoms in total. The molecule has 0 saturated carbocycles. The third-order valence-corrected chi connectivity index (χ3v) is 3.85. The first-order chi connectivity index (χ1) is 11.1. The molecular weight excluding hydrogens is 338 g/mol. The van der Waals surface area contributed by atoms with Gasteiger partial charge in [0.05, 0.1) is 23.2 Å². The van der Waals surface area contributed by atoms with Crippen molar-refractivity contribution in [1.29, 1.82) is 0 Å². The number of fused-ring (bicyclic) bond motifs is 1. The van der Waals surface area contributed by atoms with E-state index in [1.54, 1.807) is 0 Å². The quantitative estimate of drug-likeness (QED) is 0.817. The summed E-state index contributed by atoms with van der Waals surface area (Å²) in [6.45, 7) is 3.13. The number of hydrogen-bond donors (Lipinski definition) is 2. The normalized spacial score (nSPS) is 17.6. The lowest BCUT2D eigenvalue weighted by atomic mass is 10.1. The van der Waals surface area contributed by atoms with Crippen molar-refractivity contribution >= 4 is 11.0 Å². The highest BCUT2D eigenvalue weighted by atomic mass is 19.4. The molecule has 132 valence electrons. The fraction of sp³-hybridized carbons (Fsp3) is 0.500. The molecule has 2 aromatic rings. The van der Waals surface area contributed by atoms with Crippen LogP contribution in [0.4, 0.5) is 26.3 Å². The number of benzene rings is 1. The van der Waals surface area contributed by atoms with Crippen LogP contribution in [0.3, 0.4) is 0 Å². The van der Waals surface area contributed by atoms with Crippen LogP contribution in [0.1, 0.15) is 17.0 Å². The fourth-order valence-electron chi connectivity index (χ4n) is 2.70. The Kier molecular flexibility index (Phi) is 4.20. The third-order valence-electron chi connectivity index (χ3n) is 3.85. The summed E-state index contributed by atoms with van der Waals surface area (Å²) >= 11 is 0. The van der Waals surface area contributed by atoms with Crippen molar-refractivity contribution in [2.24, 2.45) is 0 Å². The van der Waals surface area contributed by atoms with Crippen LogP contribution >= 0.6 is 0 Å². The summed E-state index contributed by atoms with van der Waals surface area (Å²) in [5, 5.41) is 3.13. The van der Waals surface area contributed by atoms with Crippen molar-refractivity contribution in [3.8, 4) is 0 Å². The van der Waals surface area contributed by atoms with Crippen molar-refractivity contribution in [1.82, 2.24) is 20.2 Å². The Bertz CT molecular complexity index is 727. The molecule has 0 bridgehead atoms. The van der Waals surface area contributed by atoms with Gasteiger partial charge in [0.1, 0.15) is 11.3 Å².